The number of ether oxygens (including phenoxy) is 5. The fraction of sp³-hybridized carbons (Fsp3) is 0.711. The zero-order chi connectivity index (χ0) is 34.8. The molecule has 0 spiro atoms. The first-order valence-corrected chi connectivity index (χ1v) is 19.8. The summed E-state index contributed by atoms with van der Waals surface area (Å²) in [7, 11) is 3.23. The number of ketones is 1. The van der Waals surface area contributed by atoms with Crippen LogP contribution in [0.5, 0.6) is 0 Å². The highest BCUT2D eigenvalue weighted by Gasteiger charge is 2.56. The van der Waals surface area contributed by atoms with Crippen molar-refractivity contribution in [2.45, 2.75) is 128 Å². The highest BCUT2D eigenvalue weighted by Crippen LogP contribution is 2.63. The van der Waals surface area contributed by atoms with Crippen LogP contribution in [0.1, 0.15) is 101 Å². The van der Waals surface area contributed by atoms with E-state index in [4.69, 9.17) is 28.7 Å². The van der Waals surface area contributed by atoms with Crippen molar-refractivity contribution in [3.63, 3.8) is 0 Å². The van der Waals surface area contributed by atoms with E-state index in [1.165, 1.54) is 4.88 Å². The number of thiazole rings is 1. The van der Waals surface area contributed by atoms with E-state index in [2.05, 4.69) is 31.4 Å². The summed E-state index contributed by atoms with van der Waals surface area (Å²) in [5, 5.41) is 13.3. The first-order chi connectivity index (χ1) is 23.6. The molecule has 4 unspecified atom stereocenters. The predicted octanol–water partition coefficient (Wildman–Crippen LogP) is 7.28. The van der Waals surface area contributed by atoms with E-state index in [1.54, 1.807) is 43.8 Å². The minimum absolute atomic E-state index is 0.0227. The normalized spacial score (nSPS) is 32.8. The van der Waals surface area contributed by atoms with E-state index in [0.717, 1.165) is 66.1 Å². The predicted molar refractivity (Wildman–Crippen MR) is 190 cm³/mol. The van der Waals surface area contributed by atoms with Crippen molar-refractivity contribution in [2.75, 3.05) is 20.8 Å². The average molecular weight is 716 g/mol. The molecule has 0 bridgehead atoms. The number of hydrogen-bond acceptors (Lipinski definition) is 11. The number of carbonyl (C=O) groups excluding carboxylic acids is 2. The van der Waals surface area contributed by atoms with Crippen molar-refractivity contribution >= 4 is 34.4 Å². The number of aliphatic hydroxyl groups is 1. The van der Waals surface area contributed by atoms with Crippen LogP contribution in [0.25, 0.3) is 9.88 Å². The Morgan fingerprint density at radius 2 is 1.92 bits per heavy atom. The molecule has 1 N–H and O–H groups in total. The zero-order valence-electron chi connectivity index (χ0n) is 29.7. The SMILES string of the molecule is CC[C@H]1CCCC[C@@H](C)C(=O)C2=CC3[C@@H]4C[C@H](OC(OC(C)[C@@H](C)O)[C@H](COC)OC)CC4c4nc(-c5cccs5)sc4[C@H]3[C@@H]2CC(=O)O1. The van der Waals surface area contributed by atoms with Crippen molar-refractivity contribution in [1.82, 2.24) is 4.98 Å². The van der Waals surface area contributed by atoms with Crippen molar-refractivity contribution in [2.24, 2.45) is 23.7 Å². The highest BCUT2D eigenvalue weighted by molar-refractivity contribution is 7.21. The van der Waals surface area contributed by atoms with Crippen molar-refractivity contribution in [3.8, 4) is 9.88 Å². The highest BCUT2D eigenvalue weighted by atomic mass is 32.1. The first-order valence-electron chi connectivity index (χ1n) is 18.1. The summed E-state index contributed by atoms with van der Waals surface area (Å²) in [6, 6.07) is 4.16. The number of rotatable bonds is 11. The topological polar surface area (TPSA) is 113 Å². The molecule has 2 aromatic heterocycles. The Hall–Kier alpha value is -1.99. The molecule has 2 fully saturated rings. The van der Waals surface area contributed by atoms with Crippen molar-refractivity contribution < 1.29 is 38.4 Å². The van der Waals surface area contributed by atoms with Crippen LogP contribution in [-0.2, 0) is 33.3 Å². The summed E-state index contributed by atoms with van der Waals surface area (Å²) >= 11 is 3.40. The largest absolute Gasteiger partial charge is 0.462 e. The van der Waals surface area contributed by atoms with Crippen LogP contribution in [0.2, 0.25) is 0 Å². The van der Waals surface area contributed by atoms with E-state index >= 15 is 0 Å². The van der Waals surface area contributed by atoms with Crippen molar-refractivity contribution in [3.05, 3.63) is 39.7 Å². The van der Waals surface area contributed by atoms with Gasteiger partial charge in [0.1, 0.15) is 17.2 Å². The second kappa shape index (κ2) is 16.1. The van der Waals surface area contributed by atoms with Gasteiger partial charge in [0.05, 0.1) is 41.9 Å². The summed E-state index contributed by atoms with van der Waals surface area (Å²) < 4.78 is 30.2. The Kier molecular flexibility index (Phi) is 12.1. The molecule has 12 atom stereocenters. The third-order valence-electron chi connectivity index (χ3n) is 11.3. The molecule has 0 amide bonds. The molecule has 1 saturated carbocycles. The molecule has 4 aliphatic rings. The maximum Gasteiger partial charge on any atom is 0.306 e. The average Bonchev–Trinajstić information content (AvgIpc) is 3.89. The number of thiophene rings is 1. The first kappa shape index (κ1) is 36.8. The Morgan fingerprint density at radius 3 is 2.61 bits per heavy atom. The van der Waals surface area contributed by atoms with Crippen LogP contribution in [-0.4, -0.2) is 79.5 Å². The Labute approximate surface area is 298 Å². The number of aliphatic hydroxyl groups excluding tert-OH is 1. The van der Waals surface area contributed by atoms with Crippen molar-refractivity contribution in [1.29, 1.82) is 0 Å². The maximum atomic E-state index is 14.2. The van der Waals surface area contributed by atoms with Gasteiger partial charge < -0.3 is 28.8 Å². The molecule has 6 rings (SSSR count). The summed E-state index contributed by atoms with van der Waals surface area (Å²) in [6.07, 6.45) is 5.69. The van der Waals surface area contributed by atoms with Gasteiger partial charge >= 0.3 is 5.97 Å². The fourth-order valence-corrected chi connectivity index (χ4v) is 10.7. The molecule has 3 heterocycles. The molecule has 270 valence electrons. The quantitative estimate of drug-likeness (QED) is 0.189. The number of nitrogens with zero attached hydrogens (tertiary/aromatic N) is 1. The van der Waals surface area contributed by atoms with Crippen LogP contribution >= 0.6 is 22.7 Å². The number of Topliss-reactive ketones (excluding diaryl/α,β-unsaturated/α-hetero) is 1. The Bertz CT molecular complexity index is 1460. The molecular formula is C38H53NO8S2. The van der Waals surface area contributed by atoms with E-state index in [9.17, 15) is 14.7 Å². The lowest BCUT2D eigenvalue weighted by Crippen LogP contribution is -2.42. The van der Waals surface area contributed by atoms with Gasteiger partial charge in [-0.05, 0) is 81.2 Å². The summed E-state index contributed by atoms with van der Waals surface area (Å²) in [5.74, 6) is -0.0121. The van der Waals surface area contributed by atoms with Gasteiger partial charge in [-0.2, -0.15) is 0 Å². The van der Waals surface area contributed by atoms with Crippen LogP contribution in [0.4, 0.5) is 0 Å². The van der Waals surface area contributed by atoms with Gasteiger partial charge in [0.25, 0.3) is 0 Å². The maximum absolute atomic E-state index is 14.2. The molecular weight excluding hydrogens is 663 g/mol. The van der Waals surface area contributed by atoms with Gasteiger partial charge in [-0.25, -0.2) is 4.98 Å². The summed E-state index contributed by atoms with van der Waals surface area (Å²) in [6.45, 7) is 7.93. The second-order valence-corrected chi connectivity index (χ2v) is 16.5. The number of carbonyl (C=O) groups is 2. The molecule has 0 aromatic carbocycles. The lowest BCUT2D eigenvalue weighted by Gasteiger charge is -2.37. The van der Waals surface area contributed by atoms with Gasteiger partial charge in [0.2, 0.25) is 0 Å². The van der Waals surface area contributed by atoms with Gasteiger partial charge in [0, 0.05) is 42.8 Å². The third kappa shape index (κ3) is 7.78. The molecule has 0 radical (unpaired) electrons. The Balaban J connectivity index is 1.37. The number of hydrogen-bond donors (Lipinski definition) is 1. The lowest BCUT2D eigenvalue weighted by molar-refractivity contribution is -0.253. The molecule has 9 nitrogen and oxygen atoms in total. The smallest absolute Gasteiger partial charge is 0.306 e. The van der Waals surface area contributed by atoms with Crippen LogP contribution in [0.3, 0.4) is 0 Å². The van der Waals surface area contributed by atoms with Crippen LogP contribution < -0.4 is 0 Å². The molecule has 11 heteroatoms. The molecule has 1 saturated heterocycles. The third-order valence-corrected chi connectivity index (χ3v) is 13.5. The molecule has 49 heavy (non-hydrogen) atoms. The van der Waals surface area contributed by atoms with Gasteiger partial charge in [0.15, 0.2) is 12.1 Å². The summed E-state index contributed by atoms with van der Waals surface area (Å²) in [4.78, 5) is 35.5. The zero-order valence-corrected chi connectivity index (χ0v) is 31.3. The van der Waals surface area contributed by atoms with Crippen LogP contribution in [0.15, 0.2) is 29.2 Å². The number of methoxy groups -OCH3 is 2. The minimum Gasteiger partial charge on any atom is -0.462 e. The lowest BCUT2D eigenvalue weighted by atomic mass is 9.68. The molecule has 1 aliphatic heterocycles. The number of fused-ring (bicyclic) bond motifs is 8. The fourth-order valence-electron chi connectivity index (χ4n) is 8.51. The Morgan fingerprint density at radius 1 is 1.12 bits per heavy atom. The van der Waals surface area contributed by atoms with E-state index < -0.39 is 24.6 Å². The molecule has 2 aromatic rings. The minimum atomic E-state index is -0.743. The van der Waals surface area contributed by atoms with Gasteiger partial charge in [-0.3, -0.25) is 9.59 Å². The number of allylic oxidation sites excluding steroid dienone is 2. The second-order valence-electron chi connectivity index (χ2n) is 14.5. The van der Waals surface area contributed by atoms with E-state index in [0.29, 0.717) is 0 Å². The summed E-state index contributed by atoms with van der Waals surface area (Å²) in [5.41, 5.74) is 1.89. The monoisotopic (exact) mass is 715 g/mol. The molecule has 3 aliphatic carbocycles. The van der Waals surface area contributed by atoms with E-state index in [1.807, 2.05) is 13.0 Å². The van der Waals surface area contributed by atoms with E-state index in [-0.39, 0.29) is 72.5 Å². The number of aromatic nitrogens is 1. The number of cyclic esters (lactones) is 1. The van der Waals surface area contributed by atoms with Gasteiger partial charge in [-0.1, -0.05) is 32.4 Å². The standard InChI is InChI=1S/C38H53NO8S2/c1-7-23-12-9-8-11-20(2)35(42)29-17-26-25-15-24(47-38(30(44-6)19-43-5)45-22(4)21(3)40)16-28(25)34-36(33(26)27(29)18-32(41)46-23)49-37(39-34)31-13-10-14-48-31/h10,13-14,17,20-28,30,33,38,40H,7-9,11-12,15-16,18-19H2,1-6H3/t20-,21-,22?,23+,24+,25+,26?,27-,28?,30+,33-,38?/m1/s1. The van der Waals surface area contributed by atoms with Crippen LogP contribution in [0, 0.1) is 23.7 Å². The number of esters is 1. The van der Waals surface area contributed by atoms with Gasteiger partial charge in [-0.15, -0.1) is 22.7 Å².